The molecule has 1 saturated heterocycles. The van der Waals surface area contributed by atoms with Crippen LogP contribution in [0.1, 0.15) is 64.0 Å². The van der Waals surface area contributed by atoms with E-state index in [1.165, 1.54) is 25.6 Å². The van der Waals surface area contributed by atoms with Gasteiger partial charge in [-0.15, -0.1) is 0 Å². The molecule has 0 bridgehead atoms. The number of aryl methyl sites for hydroxylation is 1. The van der Waals surface area contributed by atoms with E-state index >= 15 is 0 Å². The molecule has 2 aliphatic rings. The fraction of sp³-hybridized carbons (Fsp3) is 0.364. The van der Waals surface area contributed by atoms with Gasteiger partial charge in [-0.3, -0.25) is 4.90 Å². The number of hydrogen-bond acceptors (Lipinski definition) is 6. The summed E-state index contributed by atoms with van der Waals surface area (Å²) in [5, 5.41) is 12.6. The number of aliphatic imine (C=N–C) groups is 1. The van der Waals surface area contributed by atoms with Crippen molar-refractivity contribution >= 4 is 41.2 Å². The summed E-state index contributed by atoms with van der Waals surface area (Å²) in [5.41, 5.74) is 11.0. The fourth-order valence-corrected chi connectivity index (χ4v) is 4.84. The summed E-state index contributed by atoms with van der Waals surface area (Å²) < 4.78 is 0. The third-order valence-corrected chi connectivity index (χ3v) is 7.07. The molecule has 1 atom stereocenters. The topological polar surface area (TPSA) is 98.3 Å². The molecule has 8 nitrogen and oxygen atoms in total. The highest BCUT2D eigenvalue weighted by Crippen LogP contribution is 2.26. The highest BCUT2D eigenvalue weighted by molar-refractivity contribution is 6.30. The minimum Gasteiger partial charge on any atom is -0.382 e. The predicted octanol–water partition coefficient (Wildman–Crippen LogP) is 7.32. The Bertz CT molecular complexity index is 1410. The number of nitrogens with zero attached hydrogens (tertiary/aromatic N) is 4. The molecule has 1 unspecified atom stereocenters. The zero-order valence-electron chi connectivity index (χ0n) is 25.2. The molecule has 4 rings (SSSR count). The Morgan fingerprint density at radius 2 is 1.90 bits per heavy atom. The van der Waals surface area contributed by atoms with Gasteiger partial charge in [0.25, 0.3) is 0 Å². The lowest BCUT2D eigenvalue weighted by atomic mass is 9.99. The van der Waals surface area contributed by atoms with Crippen LogP contribution in [0.3, 0.4) is 0 Å². The van der Waals surface area contributed by atoms with Crippen molar-refractivity contribution in [2.75, 3.05) is 30.3 Å². The summed E-state index contributed by atoms with van der Waals surface area (Å²) in [4.78, 5) is 19.3. The van der Waals surface area contributed by atoms with E-state index in [1.54, 1.807) is 23.2 Å². The van der Waals surface area contributed by atoms with Crippen LogP contribution >= 0.6 is 11.6 Å². The summed E-state index contributed by atoms with van der Waals surface area (Å²) in [6.07, 6.45) is 9.15. The molecule has 1 fully saturated rings. The summed E-state index contributed by atoms with van der Waals surface area (Å²) in [6, 6.07) is 12.7. The zero-order valence-corrected chi connectivity index (χ0v) is 26.0. The number of urea groups is 1. The normalized spacial score (nSPS) is 16.9. The molecular formula is C33H42ClN7O. The van der Waals surface area contributed by atoms with Gasteiger partial charge < -0.3 is 16.4 Å². The lowest BCUT2D eigenvalue weighted by Crippen LogP contribution is -2.31. The number of nitrogens with two attached hydrogens (primary N) is 1. The second kappa shape index (κ2) is 16.4. The van der Waals surface area contributed by atoms with Gasteiger partial charge in [0.05, 0.1) is 6.54 Å². The van der Waals surface area contributed by atoms with Crippen molar-refractivity contribution in [3.63, 3.8) is 0 Å². The Hall–Kier alpha value is -4.06. The summed E-state index contributed by atoms with van der Waals surface area (Å²) in [5.74, 6) is 6.89. The number of carbonyl (C=O) groups is 1. The third kappa shape index (κ3) is 9.23. The van der Waals surface area contributed by atoms with Gasteiger partial charge in [0.1, 0.15) is 17.7 Å². The molecule has 2 aliphatic heterocycles. The number of rotatable bonds is 6. The van der Waals surface area contributed by atoms with Gasteiger partial charge in [-0.25, -0.2) is 14.8 Å². The van der Waals surface area contributed by atoms with E-state index in [0.29, 0.717) is 27.9 Å². The Labute approximate surface area is 255 Å². The van der Waals surface area contributed by atoms with Crippen LogP contribution < -0.4 is 16.4 Å². The van der Waals surface area contributed by atoms with E-state index < -0.39 is 0 Å². The molecule has 2 aromatic rings. The first-order chi connectivity index (χ1) is 20.3. The molecular weight excluding hydrogens is 546 g/mol. The number of nitrogens with one attached hydrogen (secondary N) is 2. The van der Waals surface area contributed by atoms with Crippen LogP contribution in [0.5, 0.6) is 0 Å². The van der Waals surface area contributed by atoms with E-state index in [9.17, 15) is 4.79 Å². The van der Waals surface area contributed by atoms with Crippen LogP contribution in [0.2, 0.25) is 5.02 Å². The second-order valence-corrected chi connectivity index (χ2v) is 10.3. The largest absolute Gasteiger partial charge is 0.382 e. The smallest absolute Gasteiger partial charge is 0.323 e. The maximum absolute atomic E-state index is 12.7. The van der Waals surface area contributed by atoms with Gasteiger partial charge in [0.15, 0.2) is 5.84 Å². The van der Waals surface area contributed by atoms with Gasteiger partial charge in [-0.2, -0.15) is 5.10 Å². The Balaban J connectivity index is 0.00000237. The monoisotopic (exact) mass is 587 g/mol. The van der Waals surface area contributed by atoms with E-state index in [-0.39, 0.29) is 11.9 Å². The number of halogens is 1. The molecule has 0 aromatic heterocycles. The van der Waals surface area contributed by atoms with Gasteiger partial charge >= 0.3 is 6.03 Å². The molecule has 9 heteroatoms. The highest BCUT2D eigenvalue weighted by atomic mass is 35.5. The van der Waals surface area contributed by atoms with E-state index in [2.05, 4.69) is 44.4 Å². The average molecular weight is 588 g/mol. The van der Waals surface area contributed by atoms with Crippen LogP contribution in [0.4, 0.5) is 16.2 Å². The molecule has 222 valence electrons. The molecule has 0 saturated carbocycles. The number of benzene rings is 2. The number of amides is 2. The Morgan fingerprint density at radius 1 is 1.14 bits per heavy atom. The van der Waals surface area contributed by atoms with E-state index in [1.807, 2.05) is 64.1 Å². The number of amidine groups is 1. The Morgan fingerprint density at radius 3 is 2.62 bits per heavy atom. The van der Waals surface area contributed by atoms with Crippen molar-refractivity contribution < 1.29 is 4.79 Å². The van der Waals surface area contributed by atoms with Crippen LogP contribution in [-0.4, -0.2) is 47.7 Å². The number of allylic oxidation sites excluding steroid dienone is 3. The Kier molecular flexibility index (Phi) is 12.7. The van der Waals surface area contributed by atoms with Crippen molar-refractivity contribution in [2.45, 2.75) is 59.8 Å². The maximum Gasteiger partial charge on any atom is 0.323 e. The van der Waals surface area contributed by atoms with E-state index in [0.717, 1.165) is 36.5 Å². The molecule has 42 heavy (non-hydrogen) atoms. The first-order valence-corrected chi connectivity index (χ1v) is 14.9. The van der Waals surface area contributed by atoms with E-state index in [4.69, 9.17) is 17.3 Å². The zero-order chi connectivity index (χ0) is 30.5. The molecule has 0 aliphatic carbocycles. The number of piperidine rings is 1. The standard InChI is InChI=1S/C31H36ClN7O.C2H6/c1-4-27(12-9-17-38-15-6-5-7-16-38)39-29(30(33)34-21-35-39)19-22(2)24-10-8-11-26(20-24)36-31(40)37-28-14-13-25(32)18-23(28)3;1-2/h4,8,10-11,13-14,18-22H,5-7,15-17H2,1-3H3,(H2,33,34,35)(H2,36,37,40);1-2H3/b27-4-,29-19+;. The van der Waals surface area contributed by atoms with Crippen molar-refractivity contribution in [1.29, 1.82) is 0 Å². The van der Waals surface area contributed by atoms with Crippen LogP contribution in [-0.2, 0) is 0 Å². The number of hydrogen-bond donors (Lipinski definition) is 3. The summed E-state index contributed by atoms with van der Waals surface area (Å²) in [6.45, 7) is 12.8. The highest BCUT2D eigenvalue weighted by Gasteiger charge is 2.20. The fourth-order valence-electron chi connectivity index (χ4n) is 4.62. The first kappa shape index (κ1) is 32.5. The number of hydrazone groups is 1. The number of anilines is 2. The molecule has 2 aromatic carbocycles. The van der Waals surface area contributed by atoms with Crippen molar-refractivity contribution in [3.8, 4) is 11.8 Å². The molecule has 0 radical (unpaired) electrons. The van der Waals surface area contributed by atoms with Crippen molar-refractivity contribution in [3.05, 3.63) is 82.2 Å². The molecule has 4 N–H and O–H groups in total. The lowest BCUT2D eigenvalue weighted by molar-refractivity contribution is 0.255. The number of carbonyl (C=O) groups excluding carboxylic acids is 1. The quantitative estimate of drug-likeness (QED) is 0.308. The lowest BCUT2D eigenvalue weighted by Gasteiger charge is -2.25. The van der Waals surface area contributed by atoms with Gasteiger partial charge in [0, 0.05) is 22.3 Å². The van der Waals surface area contributed by atoms with Crippen molar-refractivity contribution in [1.82, 2.24) is 9.91 Å². The second-order valence-electron chi connectivity index (χ2n) is 9.87. The van der Waals surface area contributed by atoms with Crippen LogP contribution in [0.15, 0.2) is 76.1 Å². The van der Waals surface area contributed by atoms with Gasteiger partial charge in [0.2, 0.25) is 0 Å². The van der Waals surface area contributed by atoms with Crippen LogP contribution in [0.25, 0.3) is 0 Å². The molecule has 2 amide bonds. The van der Waals surface area contributed by atoms with Crippen molar-refractivity contribution in [2.24, 2.45) is 15.8 Å². The SMILES string of the molecule is C/C=C(/C#CCN1CCCCC1)N1N=CN=C(N)/C1=C\C(C)c1cccc(NC(=O)Nc2ccc(Cl)cc2C)c1.CC. The minimum atomic E-state index is -0.335. The number of likely N-dealkylation sites (tertiary alicyclic amines) is 1. The average Bonchev–Trinajstić information content (AvgIpc) is 2.99. The van der Waals surface area contributed by atoms with Gasteiger partial charge in [-0.05, 0) is 93.2 Å². The van der Waals surface area contributed by atoms with Crippen LogP contribution in [0, 0.1) is 18.8 Å². The first-order valence-electron chi connectivity index (χ1n) is 14.5. The summed E-state index contributed by atoms with van der Waals surface area (Å²) in [7, 11) is 0. The maximum atomic E-state index is 12.7. The summed E-state index contributed by atoms with van der Waals surface area (Å²) >= 11 is 6.03. The van der Waals surface area contributed by atoms with Gasteiger partial charge in [-0.1, -0.05) is 62.9 Å². The minimum absolute atomic E-state index is 0.0534. The molecule has 2 heterocycles. The third-order valence-electron chi connectivity index (χ3n) is 6.84. The predicted molar refractivity (Wildman–Crippen MR) is 177 cm³/mol. The molecule has 0 spiro atoms.